The highest BCUT2D eigenvalue weighted by Crippen LogP contribution is 2.72. The van der Waals surface area contributed by atoms with Crippen LogP contribution in [0.15, 0.2) is 72.3 Å². The van der Waals surface area contributed by atoms with Crippen molar-refractivity contribution in [3.05, 3.63) is 89.0 Å². The van der Waals surface area contributed by atoms with E-state index in [0.29, 0.717) is 11.6 Å². The number of allylic oxidation sites excluding steroid dienone is 4. The number of carbonyl (C=O) groups excluding carboxylic acids is 2. The monoisotopic (exact) mass is 661 g/mol. The quantitative estimate of drug-likeness (QED) is 0.390. The van der Waals surface area contributed by atoms with Gasteiger partial charge in [0.1, 0.15) is 12.8 Å². The molecule has 0 amide bonds. The predicted molar refractivity (Wildman–Crippen MR) is 177 cm³/mol. The van der Waals surface area contributed by atoms with Crippen molar-refractivity contribution in [2.75, 3.05) is 18.6 Å². The van der Waals surface area contributed by atoms with E-state index in [9.17, 15) is 19.8 Å². The maximum Gasteiger partial charge on any atom is 0.193 e. The highest BCUT2D eigenvalue weighted by atomic mass is 19.1. The lowest BCUT2D eigenvalue weighted by Gasteiger charge is -2.63. The molecule has 0 radical (unpaired) electrons. The minimum Gasteiger partial charge on any atom is -0.390 e. The first-order valence-electron chi connectivity index (χ1n) is 17.0. The first kappa shape index (κ1) is 33.3. The summed E-state index contributed by atoms with van der Waals surface area (Å²) in [6.07, 6.45) is -0.609. The van der Waals surface area contributed by atoms with E-state index in [1.807, 2.05) is 24.3 Å². The number of nitrogens with zero attached hydrogens (tertiary/aromatic N) is 1. The van der Waals surface area contributed by atoms with Gasteiger partial charge in [-0.2, -0.15) is 0 Å². The molecular formula is C39H45F2NO6. The summed E-state index contributed by atoms with van der Waals surface area (Å²) in [7, 11) is 2.07. The van der Waals surface area contributed by atoms with Gasteiger partial charge in [-0.25, -0.2) is 8.78 Å². The second-order valence-corrected chi connectivity index (χ2v) is 15.3. The lowest BCUT2D eigenvalue weighted by Crippen LogP contribution is -2.70. The second-order valence-electron chi connectivity index (χ2n) is 15.3. The molecule has 2 N–H and O–H groups in total. The number of halogens is 2. The molecule has 256 valence electrons. The molecule has 0 bridgehead atoms. The molecule has 48 heavy (non-hydrogen) atoms. The van der Waals surface area contributed by atoms with Gasteiger partial charge in [-0.05, 0) is 93.4 Å². The standard InChI is InChI=1S/C39H45F2NO6/c1-22(2)42(5)26-12-8-24(9-13-26)16-23-6-10-25(11-7-23)35-47-34-19-28-29-18-31(40)30-17-27(44)14-15-36(30,3)38(29,41)32(45)20-37(28,4)39(34,48-35)33(46)21-43/h6-15,17,22,28-29,31-32,34-35,43,45H,16,18-21H2,1-5H3/t28-,29-,31-,32-,34+,35-,36-,37-,38-,39+/m0/s1. The Morgan fingerprint density at radius 3 is 2.31 bits per heavy atom. The molecule has 2 aromatic rings. The third-order valence-electron chi connectivity index (χ3n) is 12.7. The Kier molecular flexibility index (Phi) is 7.90. The second kappa shape index (κ2) is 11.4. The van der Waals surface area contributed by atoms with Crippen molar-refractivity contribution in [3.8, 4) is 0 Å². The normalized spacial score (nSPS) is 39.8. The fraction of sp³-hybridized carbons (Fsp3) is 0.538. The number of hydrogen-bond acceptors (Lipinski definition) is 7. The summed E-state index contributed by atoms with van der Waals surface area (Å²) in [6.45, 7) is 6.81. The van der Waals surface area contributed by atoms with Crippen LogP contribution >= 0.6 is 0 Å². The Bertz CT molecular complexity index is 1670. The molecule has 4 aliphatic carbocycles. The van der Waals surface area contributed by atoms with Crippen LogP contribution in [0.5, 0.6) is 0 Å². The maximum atomic E-state index is 17.6. The molecular weight excluding hydrogens is 616 g/mol. The van der Waals surface area contributed by atoms with Gasteiger partial charge in [-0.3, -0.25) is 9.59 Å². The number of aliphatic hydroxyl groups excluding tert-OH is 2. The van der Waals surface area contributed by atoms with Crippen molar-refractivity contribution in [3.63, 3.8) is 0 Å². The fourth-order valence-electron chi connectivity index (χ4n) is 9.89. The highest BCUT2D eigenvalue weighted by Gasteiger charge is 2.80. The van der Waals surface area contributed by atoms with Gasteiger partial charge in [0, 0.05) is 41.1 Å². The van der Waals surface area contributed by atoms with E-state index in [4.69, 9.17) is 9.47 Å². The molecule has 5 aliphatic rings. The van der Waals surface area contributed by atoms with Crippen LogP contribution < -0.4 is 4.90 Å². The number of anilines is 1. The number of rotatable bonds is 7. The number of ether oxygens (including phenoxy) is 2. The molecule has 1 saturated heterocycles. The molecule has 4 fully saturated rings. The van der Waals surface area contributed by atoms with Crippen LogP contribution in [0.4, 0.5) is 14.5 Å². The summed E-state index contributed by atoms with van der Waals surface area (Å²) < 4.78 is 46.5. The van der Waals surface area contributed by atoms with Gasteiger partial charge in [0.25, 0.3) is 0 Å². The highest BCUT2D eigenvalue weighted by molar-refractivity contribution is 6.01. The number of aliphatic hydroxyl groups is 2. The Hall–Kier alpha value is -3.24. The van der Waals surface area contributed by atoms with Gasteiger partial charge in [0.05, 0.1) is 12.2 Å². The molecule has 1 aliphatic heterocycles. The topological polar surface area (TPSA) is 96.3 Å². The largest absolute Gasteiger partial charge is 0.390 e. The Balaban J connectivity index is 1.15. The molecule has 9 heteroatoms. The summed E-state index contributed by atoms with van der Waals surface area (Å²) in [5, 5.41) is 21.9. The number of hydrogen-bond donors (Lipinski definition) is 2. The van der Waals surface area contributed by atoms with E-state index < -0.39 is 76.8 Å². The van der Waals surface area contributed by atoms with E-state index in [-0.39, 0.29) is 24.8 Å². The van der Waals surface area contributed by atoms with Crippen LogP contribution in [0.3, 0.4) is 0 Å². The zero-order valence-electron chi connectivity index (χ0n) is 28.2. The van der Waals surface area contributed by atoms with Crippen LogP contribution in [0.2, 0.25) is 0 Å². The molecule has 1 heterocycles. The van der Waals surface area contributed by atoms with Gasteiger partial charge >= 0.3 is 0 Å². The minimum atomic E-state index is -2.29. The minimum absolute atomic E-state index is 0.0440. The number of Topliss-reactive ketones (excluding diaryl/α,β-unsaturated/α-hetero) is 1. The molecule has 7 nitrogen and oxygen atoms in total. The predicted octanol–water partition coefficient (Wildman–Crippen LogP) is 5.76. The summed E-state index contributed by atoms with van der Waals surface area (Å²) in [5.41, 5.74) is -2.49. The smallest absolute Gasteiger partial charge is 0.193 e. The zero-order chi connectivity index (χ0) is 34.4. The summed E-state index contributed by atoms with van der Waals surface area (Å²) in [4.78, 5) is 28.2. The number of benzene rings is 2. The third kappa shape index (κ3) is 4.50. The van der Waals surface area contributed by atoms with Crippen LogP contribution in [0.1, 0.15) is 69.9 Å². The first-order valence-corrected chi connectivity index (χ1v) is 17.0. The average molecular weight is 662 g/mol. The Morgan fingerprint density at radius 1 is 1.04 bits per heavy atom. The average Bonchev–Trinajstić information content (AvgIpc) is 3.56. The molecule has 7 rings (SSSR count). The number of alkyl halides is 2. The zero-order valence-corrected chi connectivity index (χ0v) is 28.2. The lowest BCUT2D eigenvalue weighted by atomic mass is 9.44. The third-order valence-corrected chi connectivity index (χ3v) is 12.7. The first-order chi connectivity index (χ1) is 22.7. The number of ketones is 2. The van der Waals surface area contributed by atoms with Crippen molar-refractivity contribution in [2.45, 2.75) is 95.4 Å². The SMILES string of the molecule is CC(C)N(C)c1ccc(Cc2ccc([C@H]3O[C@@H]4C[C@H]5[C@@H]6C[C@H](F)C7=CC(=O)C=C[C@]7(C)[C@@]6(F)[C@@H](O)C[C@]5(C)[C@]4(C(=O)CO)O3)cc2)cc1. The van der Waals surface area contributed by atoms with Gasteiger partial charge in [0.2, 0.25) is 0 Å². The van der Waals surface area contributed by atoms with Crippen molar-refractivity contribution in [2.24, 2.45) is 22.7 Å². The fourth-order valence-corrected chi connectivity index (χ4v) is 9.89. The number of fused-ring (bicyclic) bond motifs is 7. The van der Waals surface area contributed by atoms with Gasteiger partial charge in [-0.15, -0.1) is 0 Å². The number of carbonyl (C=O) groups is 2. The van der Waals surface area contributed by atoms with Crippen LogP contribution in [0, 0.1) is 22.7 Å². The molecule has 0 aromatic heterocycles. The summed E-state index contributed by atoms with van der Waals surface area (Å²) in [5.74, 6) is -2.58. The summed E-state index contributed by atoms with van der Waals surface area (Å²) >= 11 is 0. The van der Waals surface area contributed by atoms with E-state index in [0.717, 1.165) is 23.7 Å². The van der Waals surface area contributed by atoms with E-state index in [1.54, 1.807) is 13.8 Å². The van der Waals surface area contributed by atoms with Crippen LogP contribution in [0.25, 0.3) is 0 Å². The van der Waals surface area contributed by atoms with Gasteiger partial charge < -0.3 is 24.6 Å². The Labute approximate surface area is 280 Å². The maximum absolute atomic E-state index is 17.6. The van der Waals surface area contributed by atoms with Gasteiger partial charge in [-0.1, -0.05) is 49.4 Å². The summed E-state index contributed by atoms with van der Waals surface area (Å²) in [6, 6.07) is 16.7. The van der Waals surface area contributed by atoms with E-state index in [1.165, 1.54) is 17.7 Å². The molecule has 0 unspecified atom stereocenters. The molecule has 10 atom stereocenters. The van der Waals surface area contributed by atoms with E-state index >= 15 is 8.78 Å². The van der Waals surface area contributed by atoms with Crippen LogP contribution in [-0.4, -0.2) is 71.1 Å². The Morgan fingerprint density at radius 2 is 1.69 bits per heavy atom. The molecule has 3 saturated carbocycles. The van der Waals surface area contributed by atoms with Crippen molar-refractivity contribution < 1.29 is 38.1 Å². The van der Waals surface area contributed by atoms with Crippen molar-refractivity contribution in [1.29, 1.82) is 0 Å². The van der Waals surface area contributed by atoms with Crippen molar-refractivity contribution >= 4 is 17.3 Å². The molecule has 2 aromatic carbocycles. The molecule has 0 spiro atoms. The van der Waals surface area contributed by atoms with Gasteiger partial charge in [0.15, 0.2) is 29.1 Å². The van der Waals surface area contributed by atoms with E-state index in [2.05, 4.69) is 50.1 Å². The van der Waals surface area contributed by atoms with Crippen LogP contribution in [-0.2, 0) is 25.5 Å². The lowest BCUT2D eigenvalue weighted by molar-refractivity contribution is -0.235. The van der Waals surface area contributed by atoms with Crippen molar-refractivity contribution in [1.82, 2.24) is 0 Å².